The molecule has 2 amide bonds. The lowest BCUT2D eigenvalue weighted by molar-refractivity contribution is -0.141. The summed E-state index contributed by atoms with van der Waals surface area (Å²) in [5.74, 6) is 0.0934. The number of aliphatic hydroxyl groups excluding tert-OH is 1. The van der Waals surface area contributed by atoms with Crippen LogP contribution in [-0.2, 0) is 13.1 Å². The van der Waals surface area contributed by atoms with E-state index in [-0.39, 0.29) is 18.9 Å². The standard InChI is InChI=1S/C13H15F3N4O2S/c14-13(15,16)8-20-3-2-17-11(20)6-19-12(22)18-5-10(21)9-1-4-23-7-9/h1-4,7,10,21H,5-6,8H2,(H2,18,19,22). The molecule has 0 radical (unpaired) electrons. The molecular weight excluding hydrogens is 333 g/mol. The molecule has 0 spiro atoms. The molecule has 2 rings (SSSR count). The van der Waals surface area contributed by atoms with Gasteiger partial charge in [-0.25, -0.2) is 9.78 Å². The molecule has 0 aromatic carbocycles. The smallest absolute Gasteiger partial charge is 0.387 e. The molecule has 0 aliphatic heterocycles. The maximum absolute atomic E-state index is 12.4. The Bertz CT molecular complexity index is 627. The third-order valence-corrected chi connectivity index (χ3v) is 3.64. The van der Waals surface area contributed by atoms with Crippen LogP contribution < -0.4 is 10.6 Å². The van der Waals surface area contributed by atoms with Crippen molar-refractivity contribution in [3.63, 3.8) is 0 Å². The number of hydrogen-bond donors (Lipinski definition) is 3. The van der Waals surface area contributed by atoms with Gasteiger partial charge in [-0.15, -0.1) is 0 Å². The summed E-state index contributed by atoms with van der Waals surface area (Å²) >= 11 is 1.43. The molecule has 0 saturated heterocycles. The normalized spacial score (nSPS) is 12.9. The van der Waals surface area contributed by atoms with Crippen molar-refractivity contribution in [2.75, 3.05) is 6.54 Å². The highest BCUT2D eigenvalue weighted by atomic mass is 32.1. The van der Waals surface area contributed by atoms with Gasteiger partial charge in [0.05, 0.1) is 12.6 Å². The Hall–Kier alpha value is -2.07. The fourth-order valence-electron chi connectivity index (χ4n) is 1.84. The van der Waals surface area contributed by atoms with E-state index in [1.54, 1.807) is 16.8 Å². The molecule has 0 saturated carbocycles. The van der Waals surface area contributed by atoms with Gasteiger partial charge in [0.2, 0.25) is 0 Å². The summed E-state index contributed by atoms with van der Waals surface area (Å²) in [6.07, 6.45) is -2.76. The number of carbonyl (C=O) groups is 1. The van der Waals surface area contributed by atoms with Gasteiger partial charge in [-0.2, -0.15) is 24.5 Å². The number of aliphatic hydroxyl groups is 1. The highest BCUT2D eigenvalue weighted by molar-refractivity contribution is 7.07. The number of carbonyl (C=O) groups excluding carboxylic acids is 1. The monoisotopic (exact) mass is 348 g/mol. The van der Waals surface area contributed by atoms with Crippen molar-refractivity contribution in [3.8, 4) is 0 Å². The van der Waals surface area contributed by atoms with Crippen LogP contribution in [0.4, 0.5) is 18.0 Å². The first-order valence-electron chi connectivity index (χ1n) is 6.64. The van der Waals surface area contributed by atoms with Crippen LogP contribution in [0, 0.1) is 0 Å². The second-order valence-corrected chi connectivity index (χ2v) is 5.50. The molecule has 23 heavy (non-hydrogen) atoms. The molecule has 2 aromatic rings. The first-order valence-corrected chi connectivity index (χ1v) is 7.58. The fourth-order valence-corrected chi connectivity index (χ4v) is 2.55. The van der Waals surface area contributed by atoms with Gasteiger partial charge in [0.15, 0.2) is 0 Å². The second-order valence-electron chi connectivity index (χ2n) is 4.72. The zero-order chi connectivity index (χ0) is 16.9. The maximum atomic E-state index is 12.4. The third-order valence-electron chi connectivity index (χ3n) is 2.94. The highest BCUT2D eigenvalue weighted by Crippen LogP contribution is 2.18. The van der Waals surface area contributed by atoms with Crippen molar-refractivity contribution in [3.05, 3.63) is 40.6 Å². The van der Waals surface area contributed by atoms with Gasteiger partial charge in [0, 0.05) is 18.9 Å². The molecule has 10 heteroatoms. The van der Waals surface area contributed by atoms with Crippen molar-refractivity contribution in [2.24, 2.45) is 0 Å². The molecule has 1 unspecified atom stereocenters. The van der Waals surface area contributed by atoms with Crippen LogP contribution in [0.25, 0.3) is 0 Å². The molecular formula is C13H15F3N4O2S. The molecule has 2 heterocycles. The van der Waals surface area contributed by atoms with Gasteiger partial charge in [0.1, 0.15) is 12.4 Å². The number of rotatable bonds is 6. The minimum atomic E-state index is -4.36. The lowest BCUT2D eigenvalue weighted by Crippen LogP contribution is -2.38. The molecule has 2 aromatic heterocycles. The predicted molar refractivity (Wildman–Crippen MR) is 77.8 cm³/mol. The average molecular weight is 348 g/mol. The highest BCUT2D eigenvalue weighted by Gasteiger charge is 2.28. The largest absolute Gasteiger partial charge is 0.406 e. The average Bonchev–Trinajstić information content (AvgIpc) is 3.12. The number of halogens is 3. The lowest BCUT2D eigenvalue weighted by atomic mass is 10.2. The summed E-state index contributed by atoms with van der Waals surface area (Å²) in [4.78, 5) is 15.4. The first kappa shape index (κ1) is 17.3. The van der Waals surface area contributed by atoms with Crippen molar-refractivity contribution in [1.82, 2.24) is 20.2 Å². The number of imidazole rings is 1. The van der Waals surface area contributed by atoms with Crippen molar-refractivity contribution < 1.29 is 23.1 Å². The first-order chi connectivity index (χ1) is 10.8. The topological polar surface area (TPSA) is 79.2 Å². The zero-order valence-electron chi connectivity index (χ0n) is 11.9. The van der Waals surface area contributed by atoms with Crippen LogP contribution in [0.2, 0.25) is 0 Å². The fraction of sp³-hybridized carbons (Fsp3) is 0.385. The molecule has 0 fully saturated rings. The summed E-state index contributed by atoms with van der Waals surface area (Å²) in [5, 5.41) is 18.2. The van der Waals surface area contributed by atoms with E-state index in [1.807, 2.05) is 0 Å². The Morgan fingerprint density at radius 3 is 2.87 bits per heavy atom. The number of alkyl halides is 3. The van der Waals surface area contributed by atoms with Crippen molar-refractivity contribution in [2.45, 2.75) is 25.4 Å². The van der Waals surface area contributed by atoms with E-state index in [2.05, 4.69) is 15.6 Å². The molecule has 3 N–H and O–H groups in total. The number of amides is 2. The van der Waals surface area contributed by atoms with Crippen LogP contribution in [0.1, 0.15) is 17.5 Å². The Balaban J connectivity index is 1.78. The molecule has 1 atom stereocenters. The summed E-state index contributed by atoms with van der Waals surface area (Å²) in [7, 11) is 0. The van der Waals surface area contributed by atoms with Gasteiger partial charge in [-0.3, -0.25) is 0 Å². The predicted octanol–water partition coefficient (Wildman–Crippen LogP) is 2.04. The SMILES string of the molecule is O=C(NCc1nccn1CC(F)(F)F)NCC(O)c1ccsc1. The molecule has 0 bridgehead atoms. The quantitative estimate of drug-likeness (QED) is 0.747. The minimum absolute atomic E-state index is 0.000438. The Labute approximate surface area is 134 Å². The van der Waals surface area contributed by atoms with Crippen LogP contribution in [0.3, 0.4) is 0 Å². The molecule has 0 aliphatic carbocycles. The van der Waals surface area contributed by atoms with Gasteiger partial charge in [-0.1, -0.05) is 0 Å². The minimum Gasteiger partial charge on any atom is -0.387 e. The van der Waals surface area contributed by atoms with E-state index in [4.69, 9.17) is 0 Å². The summed E-state index contributed by atoms with van der Waals surface area (Å²) < 4.78 is 38.0. The lowest BCUT2D eigenvalue weighted by Gasteiger charge is -2.13. The number of nitrogens with one attached hydrogen (secondary N) is 2. The van der Waals surface area contributed by atoms with E-state index in [1.165, 1.54) is 23.7 Å². The number of hydrogen-bond acceptors (Lipinski definition) is 4. The molecule has 6 nitrogen and oxygen atoms in total. The Morgan fingerprint density at radius 1 is 1.43 bits per heavy atom. The van der Waals surface area contributed by atoms with Gasteiger partial charge in [0.25, 0.3) is 0 Å². The van der Waals surface area contributed by atoms with Crippen LogP contribution in [0.5, 0.6) is 0 Å². The summed E-state index contributed by atoms with van der Waals surface area (Å²) in [6, 6.07) is 1.14. The summed E-state index contributed by atoms with van der Waals surface area (Å²) in [5.41, 5.74) is 0.691. The maximum Gasteiger partial charge on any atom is 0.406 e. The second kappa shape index (κ2) is 7.47. The van der Waals surface area contributed by atoms with E-state index in [0.29, 0.717) is 5.56 Å². The van der Waals surface area contributed by atoms with E-state index in [9.17, 15) is 23.1 Å². The van der Waals surface area contributed by atoms with E-state index in [0.717, 1.165) is 4.57 Å². The van der Waals surface area contributed by atoms with E-state index >= 15 is 0 Å². The van der Waals surface area contributed by atoms with Gasteiger partial charge < -0.3 is 20.3 Å². The zero-order valence-corrected chi connectivity index (χ0v) is 12.7. The van der Waals surface area contributed by atoms with Gasteiger partial charge >= 0.3 is 12.2 Å². The van der Waals surface area contributed by atoms with Gasteiger partial charge in [-0.05, 0) is 22.4 Å². The van der Waals surface area contributed by atoms with Crippen LogP contribution in [0.15, 0.2) is 29.2 Å². The number of urea groups is 1. The molecule has 0 aliphatic rings. The van der Waals surface area contributed by atoms with Crippen molar-refractivity contribution in [1.29, 1.82) is 0 Å². The Kier molecular flexibility index (Phi) is 5.61. The van der Waals surface area contributed by atoms with Crippen LogP contribution >= 0.6 is 11.3 Å². The molecule has 126 valence electrons. The Morgan fingerprint density at radius 2 is 2.22 bits per heavy atom. The third kappa shape index (κ3) is 5.57. The summed E-state index contributed by atoms with van der Waals surface area (Å²) in [6.45, 7) is -1.31. The van der Waals surface area contributed by atoms with Crippen LogP contribution in [-0.4, -0.2) is 33.4 Å². The number of nitrogens with zero attached hydrogens (tertiary/aromatic N) is 2. The van der Waals surface area contributed by atoms with Crippen molar-refractivity contribution >= 4 is 17.4 Å². The number of thiophene rings is 1. The van der Waals surface area contributed by atoms with E-state index < -0.39 is 24.9 Å². The number of aromatic nitrogens is 2.